The van der Waals surface area contributed by atoms with Crippen LogP contribution >= 0.6 is 0 Å². The maximum atomic E-state index is 13.8. The quantitative estimate of drug-likeness (QED) is 0.911. The molecule has 0 radical (unpaired) electrons. The summed E-state index contributed by atoms with van der Waals surface area (Å²) in [5.74, 6) is -2.32. The Balaban J connectivity index is 2.00. The minimum atomic E-state index is -1.33. The Kier molecular flexibility index (Phi) is 3.63. The molecule has 0 saturated heterocycles. The van der Waals surface area contributed by atoms with Crippen LogP contribution in [0.25, 0.3) is 11.1 Å². The number of nitrogens with one attached hydrogen (secondary N) is 1. The molecular weight excluding hydrogens is 285 g/mol. The van der Waals surface area contributed by atoms with E-state index in [4.69, 9.17) is 0 Å². The molecular formula is C17H14FNO3. The molecule has 4 nitrogen and oxygen atoms in total. The van der Waals surface area contributed by atoms with Crippen molar-refractivity contribution in [3.8, 4) is 11.1 Å². The summed E-state index contributed by atoms with van der Waals surface area (Å²) in [7, 11) is 0. The number of rotatable bonds is 4. The van der Waals surface area contributed by atoms with Gasteiger partial charge in [0.2, 0.25) is 0 Å². The van der Waals surface area contributed by atoms with Crippen LogP contribution in [0.4, 0.5) is 4.39 Å². The van der Waals surface area contributed by atoms with E-state index < -0.39 is 11.8 Å². The number of hydrogen-bond donors (Lipinski definition) is 2. The van der Waals surface area contributed by atoms with E-state index in [1.807, 2.05) is 0 Å². The summed E-state index contributed by atoms with van der Waals surface area (Å²) in [6, 6.07) is 10.9. The molecule has 1 aliphatic carbocycles. The predicted molar refractivity (Wildman–Crippen MR) is 79.3 cm³/mol. The van der Waals surface area contributed by atoms with Crippen molar-refractivity contribution < 1.29 is 19.1 Å². The van der Waals surface area contributed by atoms with Crippen molar-refractivity contribution in [2.75, 3.05) is 0 Å². The largest absolute Gasteiger partial charge is 0.478 e. The standard InChI is InChI=1S/C17H14FNO3/c18-14-6-2-5-13(15(14)17(21)22)10-3-1-4-11(9-10)16(20)19-12-7-8-12/h1-6,9,12H,7-8H2,(H,19,20)(H,21,22). The highest BCUT2D eigenvalue weighted by molar-refractivity contribution is 5.99. The Labute approximate surface area is 126 Å². The third kappa shape index (κ3) is 2.83. The van der Waals surface area contributed by atoms with E-state index in [-0.39, 0.29) is 23.1 Å². The highest BCUT2D eigenvalue weighted by atomic mass is 19.1. The molecule has 2 aromatic rings. The molecule has 2 aromatic carbocycles. The normalized spacial score (nSPS) is 13.7. The van der Waals surface area contributed by atoms with Crippen molar-refractivity contribution in [1.82, 2.24) is 5.32 Å². The third-order valence-corrected chi connectivity index (χ3v) is 3.58. The number of aromatic carboxylic acids is 1. The van der Waals surface area contributed by atoms with Crippen LogP contribution in [0, 0.1) is 5.82 Å². The molecule has 0 spiro atoms. The second kappa shape index (κ2) is 5.60. The lowest BCUT2D eigenvalue weighted by atomic mass is 9.97. The minimum Gasteiger partial charge on any atom is -0.478 e. The van der Waals surface area contributed by atoms with Gasteiger partial charge in [0.05, 0.1) is 0 Å². The van der Waals surface area contributed by atoms with Gasteiger partial charge in [-0.1, -0.05) is 24.3 Å². The van der Waals surface area contributed by atoms with Gasteiger partial charge in [-0.25, -0.2) is 9.18 Å². The molecule has 0 atom stereocenters. The summed E-state index contributed by atoms with van der Waals surface area (Å²) in [6.45, 7) is 0. The third-order valence-electron chi connectivity index (χ3n) is 3.58. The average molecular weight is 299 g/mol. The summed E-state index contributed by atoms with van der Waals surface area (Å²) >= 11 is 0. The van der Waals surface area contributed by atoms with Gasteiger partial charge in [-0.2, -0.15) is 0 Å². The molecule has 2 N–H and O–H groups in total. The molecule has 0 heterocycles. The van der Waals surface area contributed by atoms with Crippen LogP contribution in [0.15, 0.2) is 42.5 Å². The van der Waals surface area contributed by atoms with Crippen LogP contribution in [-0.2, 0) is 0 Å². The van der Waals surface area contributed by atoms with Crippen molar-refractivity contribution in [3.05, 3.63) is 59.4 Å². The topological polar surface area (TPSA) is 66.4 Å². The Hall–Kier alpha value is -2.69. The summed E-state index contributed by atoms with van der Waals surface area (Å²) in [4.78, 5) is 23.3. The van der Waals surface area contributed by atoms with Crippen LogP contribution in [-0.4, -0.2) is 23.0 Å². The van der Waals surface area contributed by atoms with Gasteiger partial charge in [0, 0.05) is 11.6 Å². The first-order valence-electron chi connectivity index (χ1n) is 6.99. The first-order valence-corrected chi connectivity index (χ1v) is 6.99. The van der Waals surface area contributed by atoms with E-state index in [1.165, 1.54) is 12.1 Å². The summed E-state index contributed by atoms with van der Waals surface area (Å²) in [5, 5.41) is 12.1. The van der Waals surface area contributed by atoms with E-state index >= 15 is 0 Å². The second-order valence-electron chi connectivity index (χ2n) is 5.30. The van der Waals surface area contributed by atoms with E-state index in [1.54, 1.807) is 24.3 Å². The van der Waals surface area contributed by atoms with E-state index in [2.05, 4.69) is 5.32 Å². The fourth-order valence-corrected chi connectivity index (χ4v) is 2.31. The molecule has 1 amide bonds. The van der Waals surface area contributed by atoms with Crippen molar-refractivity contribution in [2.24, 2.45) is 0 Å². The summed E-state index contributed by atoms with van der Waals surface area (Å²) in [5.41, 5.74) is 0.807. The van der Waals surface area contributed by atoms with Gasteiger partial charge in [-0.15, -0.1) is 0 Å². The zero-order valence-electron chi connectivity index (χ0n) is 11.7. The van der Waals surface area contributed by atoms with E-state index in [0.29, 0.717) is 11.1 Å². The molecule has 0 aliphatic heterocycles. The van der Waals surface area contributed by atoms with E-state index in [9.17, 15) is 19.1 Å². The fourth-order valence-electron chi connectivity index (χ4n) is 2.31. The molecule has 0 bridgehead atoms. The smallest absolute Gasteiger partial charge is 0.339 e. The van der Waals surface area contributed by atoms with Crippen molar-refractivity contribution in [2.45, 2.75) is 18.9 Å². The molecule has 5 heteroatoms. The molecule has 0 unspecified atom stereocenters. The lowest BCUT2D eigenvalue weighted by Gasteiger charge is -2.09. The van der Waals surface area contributed by atoms with Crippen LogP contribution in [0.1, 0.15) is 33.6 Å². The number of carboxylic acids is 1. The second-order valence-corrected chi connectivity index (χ2v) is 5.30. The van der Waals surface area contributed by atoms with Crippen molar-refractivity contribution in [1.29, 1.82) is 0 Å². The van der Waals surface area contributed by atoms with Gasteiger partial charge >= 0.3 is 5.97 Å². The van der Waals surface area contributed by atoms with Crippen LogP contribution in [0.5, 0.6) is 0 Å². The first-order chi connectivity index (χ1) is 10.6. The van der Waals surface area contributed by atoms with Gasteiger partial charge in [0.15, 0.2) is 0 Å². The van der Waals surface area contributed by atoms with Gasteiger partial charge in [0.25, 0.3) is 5.91 Å². The first kappa shape index (κ1) is 14.3. The zero-order valence-corrected chi connectivity index (χ0v) is 11.7. The molecule has 22 heavy (non-hydrogen) atoms. The van der Waals surface area contributed by atoms with Crippen LogP contribution < -0.4 is 5.32 Å². The number of carboxylic acid groups (broad SMARTS) is 1. The Bertz CT molecular complexity index is 753. The number of carbonyl (C=O) groups is 2. The molecule has 1 fully saturated rings. The molecule has 3 rings (SSSR count). The Morgan fingerprint density at radius 2 is 1.86 bits per heavy atom. The highest BCUT2D eigenvalue weighted by Crippen LogP contribution is 2.27. The van der Waals surface area contributed by atoms with Gasteiger partial charge in [0.1, 0.15) is 11.4 Å². The van der Waals surface area contributed by atoms with Gasteiger partial charge in [-0.05, 0) is 42.2 Å². The number of hydrogen-bond acceptors (Lipinski definition) is 2. The predicted octanol–water partition coefficient (Wildman–Crippen LogP) is 3.08. The average Bonchev–Trinajstić information content (AvgIpc) is 3.30. The molecule has 1 saturated carbocycles. The van der Waals surface area contributed by atoms with Gasteiger partial charge < -0.3 is 10.4 Å². The SMILES string of the molecule is O=C(NC1CC1)c1cccc(-c2cccc(F)c2C(=O)O)c1. The fraction of sp³-hybridized carbons (Fsp3) is 0.176. The lowest BCUT2D eigenvalue weighted by Crippen LogP contribution is -2.25. The Morgan fingerprint density at radius 3 is 2.55 bits per heavy atom. The zero-order chi connectivity index (χ0) is 15.7. The number of amides is 1. The molecule has 112 valence electrons. The van der Waals surface area contributed by atoms with Crippen LogP contribution in [0.2, 0.25) is 0 Å². The van der Waals surface area contributed by atoms with Crippen molar-refractivity contribution in [3.63, 3.8) is 0 Å². The maximum Gasteiger partial charge on any atom is 0.339 e. The summed E-state index contributed by atoms with van der Waals surface area (Å²) in [6.07, 6.45) is 1.97. The minimum absolute atomic E-state index is 0.197. The Morgan fingerprint density at radius 1 is 1.14 bits per heavy atom. The molecule has 0 aromatic heterocycles. The van der Waals surface area contributed by atoms with Gasteiger partial charge in [-0.3, -0.25) is 4.79 Å². The van der Waals surface area contributed by atoms with Crippen LogP contribution in [0.3, 0.4) is 0 Å². The monoisotopic (exact) mass is 299 g/mol. The highest BCUT2D eigenvalue weighted by Gasteiger charge is 2.24. The lowest BCUT2D eigenvalue weighted by molar-refractivity contribution is 0.0692. The van der Waals surface area contributed by atoms with Crippen molar-refractivity contribution >= 4 is 11.9 Å². The summed E-state index contributed by atoms with van der Waals surface area (Å²) < 4.78 is 13.8. The molecule has 1 aliphatic rings. The number of carbonyl (C=O) groups excluding carboxylic acids is 1. The number of benzene rings is 2. The maximum absolute atomic E-state index is 13.8. The van der Waals surface area contributed by atoms with E-state index in [0.717, 1.165) is 18.9 Å². The number of halogens is 1.